The van der Waals surface area contributed by atoms with Gasteiger partial charge in [0.2, 0.25) is 5.91 Å². The number of rotatable bonds is 5. The second kappa shape index (κ2) is 7.53. The van der Waals surface area contributed by atoms with Gasteiger partial charge in [-0.3, -0.25) is 4.79 Å². The van der Waals surface area contributed by atoms with E-state index in [1.165, 1.54) is 32.1 Å². The minimum atomic E-state index is 0.0592. The number of amides is 1. The van der Waals surface area contributed by atoms with Crippen molar-refractivity contribution in [1.82, 2.24) is 10.6 Å². The van der Waals surface area contributed by atoms with Gasteiger partial charge in [0.15, 0.2) is 0 Å². The van der Waals surface area contributed by atoms with Gasteiger partial charge in [-0.1, -0.05) is 19.8 Å². The lowest BCUT2D eigenvalue weighted by Gasteiger charge is -2.39. The normalized spacial score (nSPS) is 32.4. The lowest BCUT2D eigenvalue weighted by atomic mass is 9.77. The van der Waals surface area contributed by atoms with Crippen molar-refractivity contribution in [3.05, 3.63) is 0 Å². The maximum Gasteiger partial charge on any atom is 0.237 e. The van der Waals surface area contributed by atoms with Crippen LogP contribution in [0.5, 0.6) is 0 Å². The van der Waals surface area contributed by atoms with E-state index in [2.05, 4.69) is 23.8 Å². The molecule has 2 rings (SSSR count). The Morgan fingerprint density at radius 3 is 2.89 bits per heavy atom. The summed E-state index contributed by atoms with van der Waals surface area (Å²) in [6.07, 6.45) is 10.8. The van der Waals surface area contributed by atoms with Crippen molar-refractivity contribution in [3.8, 4) is 0 Å². The molecular formula is C15H28N2OS. The van der Waals surface area contributed by atoms with E-state index in [0.717, 1.165) is 25.3 Å². The summed E-state index contributed by atoms with van der Waals surface area (Å²) >= 11 is 1.86. The first-order valence-corrected chi connectivity index (χ1v) is 9.06. The van der Waals surface area contributed by atoms with Crippen molar-refractivity contribution < 1.29 is 4.79 Å². The number of piperidine rings is 1. The molecule has 1 saturated carbocycles. The average molecular weight is 284 g/mol. The predicted molar refractivity (Wildman–Crippen MR) is 82.5 cm³/mol. The Bertz CT molecular complexity index is 298. The smallest absolute Gasteiger partial charge is 0.237 e. The van der Waals surface area contributed by atoms with Crippen LogP contribution in [0.3, 0.4) is 0 Å². The molecule has 2 aliphatic rings. The van der Waals surface area contributed by atoms with Crippen LogP contribution in [0.4, 0.5) is 0 Å². The number of carbonyl (C=O) groups is 1. The second-order valence-corrected chi connectivity index (χ2v) is 7.35. The molecule has 0 radical (unpaired) electrons. The Hall–Kier alpha value is -0.220. The van der Waals surface area contributed by atoms with Crippen LogP contribution < -0.4 is 10.6 Å². The molecule has 4 unspecified atom stereocenters. The summed E-state index contributed by atoms with van der Waals surface area (Å²) in [5, 5.41) is 7.32. The number of carbonyl (C=O) groups excluding carboxylic acids is 1. The van der Waals surface area contributed by atoms with Gasteiger partial charge in [0.25, 0.3) is 0 Å². The van der Waals surface area contributed by atoms with Crippen molar-refractivity contribution >= 4 is 17.7 Å². The molecular weight excluding hydrogens is 256 g/mol. The molecule has 2 fully saturated rings. The number of hydrogen-bond donors (Lipinski definition) is 2. The van der Waals surface area contributed by atoms with E-state index in [4.69, 9.17) is 0 Å². The van der Waals surface area contributed by atoms with Gasteiger partial charge < -0.3 is 10.6 Å². The summed E-state index contributed by atoms with van der Waals surface area (Å²) in [5.74, 6) is 1.05. The summed E-state index contributed by atoms with van der Waals surface area (Å²) < 4.78 is 0. The van der Waals surface area contributed by atoms with Crippen molar-refractivity contribution in [2.75, 3.05) is 12.8 Å². The third-order valence-corrected chi connectivity index (χ3v) is 5.76. The summed E-state index contributed by atoms with van der Waals surface area (Å²) in [6, 6.07) is 0.660. The highest BCUT2D eigenvalue weighted by Crippen LogP contribution is 2.32. The first-order valence-electron chi connectivity index (χ1n) is 7.77. The molecule has 0 aromatic rings. The first-order chi connectivity index (χ1) is 9.20. The van der Waals surface area contributed by atoms with Crippen LogP contribution in [0.2, 0.25) is 0 Å². The van der Waals surface area contributed by atoms with Crippen molar-refractivity contribution in [2.24, 2.45) is 5.92 Å². The van der Waals surface area contributed by atoms with E-state index >= 15 is 0 Å². The van der Waals surface area contributed by atoms with E-state index in [9.17, 15) is 4.79 Å². The molecule has 1 saturated heterocycles. The quantitative estimate of drug-likeness (QED) is 0.815. The van der Waals surface area contributed by atoms with Gasteiger partial charge in [0, 0.05) is 17.8 Å². The summed E-state index contributed by atoms with van der Waals surface area (Å²) in [5.41, 5.74) is 0. The average Bonchev–Trinajstić information content (AvgIpc) is 2.46. The molecule has 1 heterocycles. The van der Waals surface area contributed by atoms with E-state index in [1.807, 2.05) is 11.8 Å². The van der Waals surface area contributed by atoms with Crippen molar-refractivity contribution in [3.63, 3.8) is 0 Å². The van der Waals surface area contributed by atoms with Gasteiger partial charge in [-0.2, -0.15) is 11.8 Å². The number of hydrogen-bond acceptors (Lipinski definition) is 3. The molecule has 19 heavy (non-hydrogen) atoms. The number of thioether (sulfide) groups is 1. The van der Waals surface area contributed by atoms with E-state index in [1.54, 1.807) is 0 Å². The first kappa shape index (κ1) is 15.2. The minimum absolute atomic E-state index is 0.0592. The second-order valence-electron chi connectivity index (χ2n) is 6.07. The molecule has 0 spiro atoms. The maximum atomic E-state index is 12.2. The minimum Gasteiger partial charge on any atom is -0.355 e. The fourth-order valence-corrected chi connectivity index (χ4v) is 3.70. The number of nitrogens with one attached hydrogen (secondary N) is 2. The van der Waals surface area contributed by atoms with Crippen LogP contribution in [-0.4, -0.2) is 36.0 Å². The molecule has 0 bridgehead atoms. The molecule has 2 N–H and O–H groups in total. The fraction of sp³-hybridized carbons (Fsp3) is 0.933. The zero-order valence-corrected chi connectivity index (χ0v) is 13.1. The summed E-state index contributed by atoms with van der Waals surface area (Å²) in [7, 11) is 0. The molecule has 110 valence electrons. The highest BCUT2D eigenvalue weighted by molar-refractivity contribution is 7.99. The molecule has 1 aliphatic carbocycles. The van der Waals surface area contributed by atoms with Crippen LogP contribution >= 0.6 is 11.8 Å². The molecule has 4 heteroatoms. The van der Waals surface area contributed by atoms with Crippen LogP contribution in [-0.2, 0) is 4.79 Å². The zero-order valence-electron chi connectivity index (χ0n) is 12.3. The van der Waals surface area contributed by atoms with Crippen molar-refractivity contribution in [2.45, 2.75) is 69.2 Å². The lowest BCUT2D eigenvalue weighted by molar-refractivity contribution is -0.124. The van der Waals surface area contributed by atoms with Gasteiger partial charge >= 0.3 is 0 Å². The highest BCUT2D eigenvalue weighted by Gasteiger charge is 2.34. The van der Waals surface area contributed by atoms with Gasteiger partial charge in [-0.05, 0) is 44.3 Å². The van der Waals surface area contributed by atoms with Gasteiger partial charge in [0.1, 0.15) is 0 Å². The Kier molecular flexibility index (Phi) is 6.02. The topological polar surface area (TPSA) is 41.1 Å². The SMILES string of the molecule is CSC(C)CCNC(=O)C1CCC2CCCCC2N1. The molecule has 1 amide bonds. The number of fused-ring (bicyclic) bond motifs is 1. The Morgan fingerprint density at radius 1 is 1.32 bits per heavy atom. The highest BCUT2D eigenvalue weighted by atomic mass is 32.2. The van der Waals surface area contributed by atoms with Gasteiger partial charge in [-0.25, -0.2) is 0 Å². The van der Waals surface area contributed by atoms with Gasteiger partial charge in [-0.15, -0.1) is 0 Å². The third kappa shape index (κ3) is 4.38. The molecule has 0 aromatic carbocycles. The molecule has 4 atom stereocenters. The van der Waals surface area contributed by atoms with E-state index in [-0.39, 0.29) is 11.9 Å². The van der Waals surface area contributed by atoms with E-state index < -0.39 is 0 Å². The Morgan fingerprint density at radius 2 is 2.11 bits per heavy atom. The largest absolute Gasteiger partial charge is 0.355 e. The van der Waals surface area contributed by atoms with Crippen LogP contribution in [0.15, 0.2) is 0 Å². The Balaban J connectivity index is 1.71. The predicted octanol–water partition coefficient (Wildman–Crippen LogP) is 2.55. The maximum absolute atomic E-state index is 12.2. The van der Waals surface area contributed by atoms with E-state index in [0.29, 0.717) is 11.3 Å². The third-order valence-electron chi connectivity index (χ3n) is 4.72. The monoisotopic (exact) mass is 284 g/mol. The van der Waals surface area contributed by atoms with Crippen LogP contribution in [0.1, 0.15) is 51.9 Å². The summed E-state index contributed by atoms with van der Waals surface area (Å²) in [4.78, 5) is 12.2. The summed E-state index contributed by atoms with van der Waals surface area (Å²) in [6.45, 7) is 3.02. The van der Waals surface area contributed by atoms with Crippen molar-refractivity contribution in [1.29, 1.82) is 0 Å². The lowest BCUT2D eigenvalue weighted by Crippen LogP contribution is -2.55. The standard InChI is InChI=1S/C15H28N2OS/c1-11(19-2)9-10-16-15(18)14-8-7-12-5-3-4-6-13(12)17-14/h11-14,17H,3-10H2,1-2H3,(H,16,18). The fourth-order valence-electron chi connectivity index (χ4n) is 3.34. The zero-order chi connectivity index (χ0) is 13.7. The molecule has 0 aromatic heterocycles. The van der Waals surface area contributed by atoms with Gasteiger partial charge in [0.05, 0.1) is 6.04 Å². The molecule has 1 aliphatic heterocycles. The van der Waals surface area contributed by atoms with Crippen LogP contribution in [0.25, 0.3) is 0 Å². The molecule has 3 nitrogen and oxygen atoms in total. The Labute approximate surface area is 121 Å². The van der Waals surface area contributed by atoms with Crippen LogP contribution in [0, 0.1) is 5.92 Å².